The number of hydrogen-bond acceptors (Lipinski definition) is 3. The molecule has 0 radical (unpaired) electrons. The average molecular weight is 357 g/mol. The van der Waals surface area contributed by atoms with E-state index in [0.29, 0.717) is 19.6 Å². The number of hydrogen-bond donors (Lipinski definition) is 0. The number of amides is 2. The molecule has 2 amide bonds. The fourth-order valence-electron chi connectivity index (χ4n) is 2.51. The first-order valence-electron chi connectivity index (χ1n) is 7.16. The number of halogens is 1. The van der Waals surface area contributed by atoms with Gasteiger partial charge in [-0.3, -0.25) is 14.3 Å². The van der Waals surface area contributed by atoms with Crippen LogP contribution in [0.2, 0.25) is 0 Å². The highest BCUT2D eigenvalue weighted by Crippen LogP contribution is 2.23. The van der Waals surface area contributed by atoms with Gasteiger partial charge >= 0.3 is 11.8 Å². The second kappa shape index (κ2) is 6.17. The molecule has 0 atom stereocenters. The predicted molar refractivity (Wildman–Crippen MR) is 82.6 cm³/mol. The summed E-state index contributed by atoms with van der Waals surface area (Å²) < 4.78 is 2.70. The van der Waals surface area contributed by atoms with E-state index in [1.54, 1.807) is 14.5 Å². The summed E-state index contributed by atoms with van der Waals surface area (Å²) in [7, 11) is 1.86. The van der Waals surface area contributed by atoms with Gasteiger partial charge in [0, 0.05) is 26.2 Å². The molecule has 21 heavy (non-hydrogen) atoms. The summed E-state index contributed by atoms with van der Waals surface area (Å²) in [5.41, 5.74) is 1.89. The Labute approximate surface area is 133 Å². The Morgan fingerprint density at radius 1 is 1.24 bits per heavy atom. The van der Waals surface area contributed by atoms with Crippen LogP contribution in [0.15, 0.2) is 4.47 Å². The van der Waals surface area contributed by atoms with E-state index in [2.05, 4.69) is 21.0 Å². The first-order chi connectivity index (χ1) is 9.86. The van der Waals surface area contributed by atoms with Gasteiger partial charge in [0.25, 0.3) is 0 Å². The van der Waals surface area contributed by atoms with Crippen LogP contribution in [0.1, 0.15) is 32.2 Å². The number of aryl methyl sites for hydroxylation is 2. The summed E-state index contributed by atoms with van der Waals surface area (Å²) in [4.78, 5) is 27.6. The Kier molecular flexibility index (Phi) is 4.70. The molecule has 7 heteroatoms. The van der Waals surface area contributed by atoms with E-state index in [0.717, 1.165) is 22.3 Å². The number of carbonyl (C=O) groups is 2. The van der Waals surface area contributed by atoms with Gasteiger partial charge in [-0.05, 0) is 36.2 Å². The molecule has 0 N–H and O–H groups in total. The topological polar surface area (TPSA) is 58.4 Å². The van der Waals surface area contributed by atoms with E-state index in [1.807, 2.05) is 27.8 Å². The summed E-state index contributed by atoms with van der Waals surface area (Å²) in [5, 5.41) is 4.42. The predicted octanol–water partition coefficient (Wildman–Crippen LogP) is 1.32. The Morgan fingerprint density at radius 3 is 2.43 bits per heavy atom. The molecule has 1 aliphatic heterocycles. The van der Waals surface area contributed by atoms with Crippen molar-refractivity contribution in [1.29, 1.82) is 0 Å². The molecular formula is C14H21BrN4O2. The fraction of sp³-hybridized carbons (Fsp3) is 0.643. The molecule has 1 fully saturated rings. The van der Waals surface area contributed by atoms with Crippen molar-refractivity contribution in [2.45, 2.75) is 39.8 Å². The lowest BCUT2D eigenvalue weighted by atomic mass is 10.2. The van der Waals surface area contributed by atoms with Gasteiger partial charge < -0.3 is 9.80 Å². The molecule has 1 aliphatic rings. The minimum Gasteiger partial charge on any atom is -0.330 e. The largest absolute Gasteiger partial charge is 0.330 e. The molecule has 0 aliphatic carbocycles. The van der Waals surface area contributed by atoms with Gasteiger partial charge in [-0.15, -0.1) is 0 Å². The van der Waals surface area contributed by atoms with Gasteiger partial charge in [0.2, 0.25) is 0 Å². The van der Waals surface area contributed by atoms with Gasteiger partial charge in [0.05, 0.1) is 22.4 Å². The summed E-state index contributed by atoms with van der Waals surface area (Å²) in [6.45, 7) is 7.42. The second-order valence-electron chi connectivity index (χ2n) is 5.50. The van der Waals surface area contributed by atoms with Crippen molar-refractivity contribution in [2.75, 3.05) is 13.1 Å². The molecule has 6 nitrogen and oxygen atoms in total. The van der Waals surface area contributed by atoms with Crippen LogP contribution in [0, 0.1) is 0 Å². The Morgan fingerprint density at radius 2 is 1.90 bits per heavy atom. The minimum atomic E-state index is -0.430. The standard InChI is InChI=1S/C14H21BrN4O2/c1-5-10-12(15)11(17(4)16-10)8-18-6-7-19(9(2)3)14(21)13(18)20/h9H,5-8H2,1-4H3. The maximum atomic E-state index is 12.2. The zero-order valence-electron chi connectivity index (χ0n) is 12.9. The lowest BCUT2D eigenvalue weighted by molar-refractivity contribution is -0.157. The van der Waals surface area contributed by atoms with E-state index in [-0.39, 0.29) is 6.04 Å². The third-order valence-electron chi connectivity index (χ3n) is 3.81. The normalized spacial score (nSPS) is 16.3. The Balaban J connectivity index is 2.17. The number of carbonyl (C=O) groups excluding carboxylic acids is 2. The summed E-state index contributed by atoms with van der Waals surface area (Å²) in [5.74, 6) is -0.841. The van der Waals surface area contributed by atoms with Crippen LogP contribution in [0.5, 0.6) is 0 Å². The molecule has 1 aromatic rings. The average Bonchev–Trinajstić information content (AvgIpc) is 2.70. The van der Waals surface area contributed by atoms with Gasteiger partial charge in [-0.2, -0.15) is 5.10 Å². The van der Waals surface area contributed by atoms with E-state index in [4.69, 9.17) is 0 Å². The van der Waals surface area contributed by atoms with Crippen molar-refractivity contribution >= 4 is 27.7 Å². The van der Waals surface area contributed by atoms with E-state index >= 15 is 0 Å². The molecule has 2 heterocycles. The number of nitrogens with zero attached hydrogens (tertiary/aromatic N) is 4. The van der Waals surface area contributed by atoms with Crippen LogP contribution < -0.4 is 0 Å². The highest BCUT2D eigenvalue weighted by atomic mass is 79.9. The van der Waals surface area contributed by atoms with Crippen molar-refractivity contribution < 1.29 is 9.59 Å². The molecule has 1 saturated heterocycles. The number of aromatic nitrogens is 2. The summed E-state index contributed by atoms with van der Waals surface area (Å²) >= 11 is 3.54. The Hall–Kier alpha value is -1.37. The van der Waals surface area contributed by atoms with Crippen LogP contribution in [-0.4, -0.2) is 50.5 Å². The zero-order chi connectivity index (χ0) is 15.7. The van der Waals surface area contributed by atoms with Crippen molar-refractivity contribution in [2.24, 2.45) is 7.05 Å². The molecule has 0 bridgehead atoms. The molecule has 0 aromatic carbocycles. The molecule has 2 rings (SSSR count). The minimum absolute atomic E-state index is 0.0544. The highest BCUT2D eigenvalue weighted by molar-refractivity contribution is 9.10. The third kappa shape index (κ3) is 2.97. The maximum Gasteiger partial charge on any atom is 0.312 e. The van der Waals surface area contributed by atoms with E-state index in [1.165, 1.54) is 0 Å². The molecule has 116 valence electrons. The SMILES string of the molecule is CCc1nn(C)c(CN2CCN(C(C)C)C(=O)C2=O)c1Br. The maximum absolute atomic E-state index is 12.2. The zero-order valence-corrected chi connectivity index (χ0v) is 14.5. The summed E-state index contributed by atoms with van der Waals surface area (Å²) in [6, 6.07) is 0.0544. The van der Waals surface area contributed by atoms with Crippen molar-refractivity contribution in [3.05, 3.63) is 15.9 Å². The van der Waals surface area contributed by atoms with Crippen LogP contribution in [0.25, 0.3) is 0 Å². The van der Waals surface area contributed by atoms with Gasteiger partial charge in [0.1, 0.15) is 0 Å². The third-order valence-corrected chi connectivity index (χ3v) is 4.72. The molecule has 0 spiro atoms. The second-order valence-corrected chi connectivity index (χ2v) is 6.30. The first kappa shape index (κ1) is 16.0. The highest BCUT2D eigenvalue weighted by Gasteiger charge is 2.34. The van der Waals surface area contributed by atoms with Gasteiger partial charge in [-0.1, -0.05) is 6.92 Å². The van der Waals surface area contributed by atoms with Crippen LogP contribution in [0.3, 0.4) is 0 Å². The number of rotatable bonds is 4. The van der Waals surface area contributed by atoms with Crippen molar-refractivity contribution in [1.82, 2.24) is 19.6 Å². The Bertz CT molecular complexity index is 568. The first-order valence-corrected chi connectivity index (χ1v) is 7.96. The van der Waals surface area contributed by atoms with Gasteiger partial charge in [0.15, 0.2) is 0 Å². The fourth-order valence-corrected chi connectivity index (χ4v) is 3.25. The smallest absolute Gasteiger partial charge is 0.312 e. The van der Waals surface area contributed by atoms with E-state index in [9.17, 15) is 9.59 Å². The molecule has 0 saturated carbocycles. The molecule has 0 unspecified atom stereocenters. The lowest BCUT2D eigenvalue weighted by Gasteiger charge is -2.36. The van der Waals surface area contributed by atoms with Crippen molar-refractivity contribution in [3.8, 4) is 0 Å². The number of piperazine rings is 1. The van der Waals surface area contributed by atoms with Crippen LogP contribution in [-0.2, 0) is 29.6 Å². The monoisotopic (exact) mass is 356 g/mol. The van der Waals surface area contributed by atoms with E-state index < -0.39 is 11.8 Å². The van der Waals surface area contributed by atoms with Crippen molar-refractivity contribution in [3.63, 3.8) is 0 Å². The molecular weight excluding hydrogens is 336 g/mol. The van der Waals surface area contributed by atoms with Gasteiger partial charge in [-0.25, -0.2) is 0 Å². The van der Waals surface area contributed by atoms with Crippen LogP contribution in [0.4, 0.5) is 0 Å². The summed E-state index contributed by atoms with van der Waals surface area (Å²) in [6.07, 6.45) is 0.822. The van der Waals surface area contributed by atoms with Crippen LogP contribution >= 0.6 is 15.9 Å². The lowest BCUT2D eigenvalue weighted by Crippen LogP contribution is -2.56. The quantitative estimate of drug-likeness (QED) is 0.764. The molecule has 1 aromatic heterocycles.